The first-order valence-electron chi connectivity index (χ1n) is 7.04. The van der Waals surface area contributed by atoms with Gasteiger partial charge in [0.1, 0.15) is 0 Å². The molecule has 2 heterocycles. The van der Waals surface area contributed by atoms with Crippen molar-refractivity contribution in [2.75, 3.05) is 13.1 Å². The highest BCUT2D eigenvalue weighted by atomic mass is 32.1. The molecule has 1 aliphatic heterocycles. The van der Waals surface area contributed by atoms with E-state index in [0.717, 1.165) is 19.6 Å². The van der Waals surface area contributed by atoms with Gasteiger partial charge in [0.05, 0.1) is 0 Å². The second-order valence-corrected chi connectivity index (χ2v) is 7.14. The van der Waals surface area contributed by atoms with Crippen LogP contribution in [0.5, 0.6) is 0 Å². The van der Waals surface area contributed by atoms with Crippen LogP contribution in [0, 0.1) is 0 Å². The number of thiophene rings is 1. The maximum absolute atomic E-state index is 3.72. The molecule has 0 unspecified atom stereocenters. The Morgan fingerprint density at radius 2 is 2.06 bits per heavy atom. The molecule has 102 valence electrons. The first-order chi connectivity index (χ1) is 8.51. The summed E-state index contributed by atoms with van der Waals surface area (Å²) in [5.74, 6) is 0. The van der Waals surface area contributed by atoms with Crippen LogP contribution < -0.4 is 5.32 Å². The van der Waals surface area contributed by atoms with E-state index in [-0.39, 0.29) is 5.54 Å². The Balaban J connectivity index is 2.19. The second-order valence-electron chi connectivity index (χ2n) is 6.10. The van der Waals surface area contributed by atoms with Gasteiger partial charge in [0.2, 0.25) is 0 Å². The number of nitrogens with zero attached hydrogens (tertiary/aromatic N) is 1. The highest BCUT2D eigenvalue weighted by Crippen LogP contribution is 2.32. The number of hydrogen-bond acceptors (Lipinski definition) is 3. The van der Waals surface area contributed by atoms with Gasteiger partial charge in [-0.3, -0.25) is 4.90 Å². The van der Waals surface area contributed by atoms with E-state index in [2.05, 4.69) is 55.4 Å². The average Bonchev–Trinajstić information content (AvgIpc) is 2.82. The Morgan fingerprint density at radius 3 is 2.61 bits per heavy atom. The van der Waals surface area contributed by atoms with Crippen LogP contribution in [0.3, 0.4) is 0 Å². The van der Waals surface area contributed by atoms with Gasteiger partial charge >= 0.3 is 0 Å². The van der Waals surface area contributed by atoms with Crippen LogP contribution in [0.2, 0.25) is 0 Å². The standard InChI is InChI=1S/C15H26N2S/c1-5-15(6-2)11-16-14(3,4)12-17(15)10-13-8-7-9-18-13/h7-9,16H,5-6,10-12H2,1-4H3. The fourth-order valence-electron chi connectivity index (χ4n) is 2.98. The van der Waals surface area contributed by atoms with Gasteiger partial charge in [0, 0.05) is 35.6 Å². The summed E-state index contributed by atoms with van der Waals surface area (Å²) in [6.07, 6.45) is 2.44. The highest BCUT2D eigenvalue weighted by molar-refractivity contribution is 7.09. The Hall–Kier alpha value is -0.380. The molecule has 1 N–H and O–H groups in total. The summed E-state index contributed by atoms with van der Waals surface area (Å²) in [6.45, 7) is 12.6. The van der Waals surface area contributed by atoms with E-state index in [1.165, 1.54) is 17.7 Å². The predicted molar refractivity (Wildman–Crippen MR) is 80.1 cm³/mol. The van der Waals surface area contributed by atoms with Gasteiger partial charge in [-0.25, -0.2) is 0 Å². The molecule has 0 aliphatic carbocycles. The lowest BCUT2D eigenvalue weighted by Gasteiger charge is -2.52. The number of rotatable bonds is 4. The van der Waals surface area contributed by atoms with Crippen molar-refractivity contribution in [3.63, 3.8) is 0 Å². The molecule has 2 rings (SSSR count). The van der Waals surface area contributed by atoms with Crippen LogP contribution in [0.15, 0.2) is 17.5 Å². The maximum Gasteiger partial charge on any atom is 0.0334 e. The lowest BCUT2D eigenvalue weighted by molar-refractivity contribution is 0.00307. The van der Waals surface area contributed by atoms with Crippen molar-refractivity contribution in [2.45, 2.75) is 58.2 Å². The van der Waals surface area contributed by atoms with E-state index >= 15 is 0 Å². The third kappa shape index (κ3) is 2.79. The summed E-state index contributed by atoms with van der Waals surface area (Å²) in [5, 5.41) is 5.91. The van der Waals surface area contributed by atoms with Crippen molar-refractivity contribution in [1.29, 1.82) is 0 Å². The Morgan fingerprint density at radius 1 is 1.33 bits per heavy atom. The van der Waals surface area contributed by atoms with Gasteiger partial charge in [0.25, 0.3) is 0 Å². The molecule has 18 heavy (non-hydrogen) atoms. The molecule has 0 saturated carbocycles. The average molecular weight is 266 g/mol. The smallest absolute Gasteiger partial charge is 0.0334 e. The Kier molecular flexibility index (Phi) is 4.15. The van der Waals surface area contributed by atoms with Crippen molar-refractivity contribution >= 4 is 11.3 Å². The fourth-order valence-corrected chi connectivity index (χ4v) is 3.70. The molecule has 0 spiro atoms. The molecule has 0 amide bonds. The van der Waals surface area contributed by atoms with Crippen LogP contribution in [-0.2, 0) is 6.54 Å². The lowest BCUT2D eigenvalue weighted by Crippen LogP contribution is -2.67. The summed E-state index contributed by atoms with van der Waals surface area (Å²) in [4.78, 5) is 4.19. The Bertz CT molecular complexity index is 366. The number of nitrogens with one attached hydrogen (secondary N) is 1. The van der Waals surface area contributed by atoms with Crippen LogP contribution in [-0.4, -0.2) is 29.1 Å². The fraction of sp³-hybridized carbons (Fsp3) is 0.733. The van der Waals surface area contributed by atoms with E-state index < -0.39 is 0 Å². The molecule has 1 aromatic rings. The minimum Gasteiger partial charge on any atom is -0.309 e. The molecule has 0 atom stereocenters. The monoisotopic (exact) mass is 266 g/mol. The first kappa shape index (κ1) is 14.0. The summed E-state index contributed by atoms with van der Waals surface area (Å²) in [7, 11) is 0. The summed E-state index contributed by atoms with van der Waals surface area (Å²) in [6, 6.07) is 4.42. The van der Waals surface area contributed by atoms with E-state index in [0.29, 0.717) is 5.54 Å². The van der Waals surface area contributed by atoms with Gasteiger partial charge in [0.15, 0.2) is 0 Å². The van der Waals surface area contributed by atoms with Crippen LogP contribution >= 0.6 is 11.3 Å². The molecular weight excluding hydrogens is 240 g/mol. The number of piperazine rings is 1. The third-order valence-corrected chi connectivity index (χ3v) is 5.26. The molecule has 1 fully saturated rings. The third-order valence-electron chi connectivity index (χ3n) is 4.40. The van der Waals surface area contributed by atoms with Crippen molar-refractivity contribution in [3.8, 4) is 0 Å². The van der Waals surface area contributed by atoms with Crippen LogP contribution in [0.25, 0.3) is 0 Å². The molecule has 1 aromatic heterocycles. The molecule has 0 bridgehead atoms. The normalized spacial score (nSPS) is 23.1. The van der Waals surface area contributed by atoms with E-state index in [9.17, 15) is 0 Å². The first-order valence-corrected chi connectivity index (χ1v) is 7.92. The van der Waals surface area contributed by atoms with Gasteiger partial charge in [-0.15, -0.1) is 11.3 Å². The van der Waals surface area contributed by atoms with Crippen molar-refractivity contribution in [2.24, 2.45) is 0 Å². The predicted octanol–water partition coefficient (Wildman–Crippen LogP) is 3.49. The minimum absolute atomic E-state index is 0.227. The van der Waals surface area contributed by atoms with Crippen LogP contribution in [0.4, 0.5) is 0 Å². The minimum atomic E-state index is 0.227. The van der Waals surface area contributed by atoms with Gasteiger partial charge in [-0.05, 0) is 38.1 Å². The zero-order chi connectivity index (χ0) is 13.2. The van der Waals surface area contributed by atoms with Gasteiger partial charge < -0.3 is 5.32 Å². The summed E-state index contributed by atoms with van der Waals surface area (Å²) >= 11 is 1.88. The maximum atomic E-state index is 3.72. The lowest BCUT2D eigenvalue weighted by atomic mass is 9.84. The van der Waals surface area contributed by atoms with Crippen molar-refractivity contribution in [3.05, 3.63) is 22.4 Å². The quantitative estimate of drug-likeness (QED) is 0.897. The van der Waals surface area contributed by atoms with Crippen LogP contribution in [0.1, 0.15) is 45.4 Å². The molecule has 0 radical (unpaired) electrons. The second kappa shape index (κ2) is 5.32. The van der Waals surface area contributed by atoms with Crippen molar-refractivity contribution < 1.29 is 0 Å². The zero-order valence-electron chi connectivity index (χ0n) is 12.1. The van der Waals surface area contributed by atoms with E-state index in [4.69, 9.17) is 0 Å². The molecule has 1 saturated heterocycles. The molecule has 2 nitrogen and oxygen atoms in total. The molecular formula is C15H26N2S. The van der Waals surface area contributed by atoms with Gasteiger partial charge in [-0.1, -0.05) is 19.9 Å². The molecule has 0 aromatic carbocycles. The molecule has 3 heteroatoms. The van der Waals surface area contributed by atoms with E-state index in [1.807, 2.05) is 11.3 Å². The molecule has 1 aliphatic rings. The number of hydrogen-bond donors (Lipinski definition) is 1. The topological polar surface area (TPSA) is 15.3 Å². The summed E-state index contributed by atoms with van der Waals surface area (Å²) in [5.41, 5.74) is 0.560. The SMILES string of the molecule is CCC1(CC)CNC(C)(C)CN1Cc1cccs1. The zero-order valence-corrected chi connectivity index (χ0v) is 12.9. The largest absolute Gasteiger partial charge is 0.309 e. The van der Waals surface area contributed by atoms with E-state index in [1.54, 1.807) is 0 Å². The highest BCUT2D eigenvalue weighted by Gasteiger charge is 2.41. The summed E-state index contributed by atoms with van der Waals surface area (Å²) < 4.78 is 0. The van der Waals surface area contributed by atoms with Crippen molar-refractivity contribution in [1.82, 2.24) is 10.2 Å². The Labute approximate surface area is 115 Å². The van der Waals surface area contributed by atoms with Gasteiger partial charge in [-0.2, -0.15) is 0 Å².